The number of hydrogen-bond donors (Lipinski definition) is 1. The molecule has 8 heteroatoms. The van der Waals surface area contributed by atoms with E-state index in [4.69, 9.17) is 16.3 Å². The maximum Gasteiger partial charge on any atom is 0.301 e. The number of rotatable bonds is 3. The molecule has 2 aliphatic rings. The molecule has 0 spiro atoms. The lowest BCUT2D eigenvalue weighted by Gasteiger charge is -2.23. The summed E-state index contributed by atoms with van der Waals surface area (Å²) in [7, 11) is 0. The van der Waals surface area contributed by atoms with Gasteiger partial charge in [-0.05, 0) is 54.4 Å². The average molecular weight is 503 g/mol. The first-order valence-electron chi connectivity index (χ1n) is 11.1. The third-order valence-corrected chi connectivity index (χ3v) is 7.53. The highest BCUT2D eigenvalue weighted by Crippen LogP contribution is 2.45. The van der Waals surface area contributed by atoms with Crippen LogP contribution < -0.4 is 9.64 Å². The van der Waals surface area contributed by atoms with Crippen LogP contribution in [0.3, 0.4) is 0 Å². The lowest BCUT2D eigenvalue weighted by Crippen LogP contribution is -2.29. The Labute approximate surface area is 210 Å². The Morgan fingerprint density at radius 2 is 1.91 bits per heavy atom. The van der Waals surface area contributed by atoms with Crippen molar-refractivity contribution in [1.29, 1.82) is 0 Å². The Morgan fingerprint density at radius 3 is 2.71 bits per heavy atom. The third kappa shape index (κ3) is 3.59. The summed E-state index contributed by atoms with van der Waals surface area (Å²) in [5, 5.41) is 12.3. The smallest absolute Gasteiger partial charge is 0.301 e. The minimum atomic E-state index is -0.823. The molecule has 4 aromatic rings. The van der Waals surface area contributed by atoms with E-state index in [-0.39, 0.29) is 17.4 Å². The average Bonchev–Trinajstić information content (AvgIpc) is 3.51. The number of anilines is 1. The van der Waals surface area contributed by atoms with E-state index < -0.39 is 17.7 Å². The molecule has 0 unspecified atom stereocenters. The fraction of sp³-hybridized carbons (Fsp3) is 0.148. The van der Waals surface area contributed by atoms with Crippen molar-refractivity contribution in [2.45, 2.75) is 25.5 Å². The van der Waals surface area contributed by atoms with Gasteiger partial charge in [-0.1, -0.05) is 53.3 Å². The van der Waals surface area contributed by atoms with Crippen molar-refractivity contribution in [3.05, 3.63) is 94.0 Å². The second kappa shape index (κ2) is 8.22. The van der Waals surface area contributed by atoms with Crippen LogP contribution in [0, 0.1) is 0 Å². The molecule has 2 aliphatic heterocycles. The number of carbonyl (C=O) groups excluding carboxylic acids is 2. The largest absolute Gasteiger partial charge is 0.507 e. The normalized spacial score (nSPS) is 20.9. The van der Waals surface area contributed by atoms with Crippen molar-refractivity contribution >= 4 is 55.7 Å². The van der Waals surface area contributed by atoms with E-state index in [2.05, 4.69) is 4.98 Å². The summed E-state index contributed by atoms with van der Waals surface area (Å²) in [5.74, 6) is -0.934. The number of ether oxygens (including phenoxy) is 1. The number of amides is 1. The van der Waals surface area contributed by atoms with Crippen LogP contribution in [0.25, 0.3) is 16.0 Å². The van der Waals surface area contributed by atoms with E-state index >= 15 is 0 Å². The number of aliphatic hydroxyl groups is 1. The Morgan fingerprint density at radius 1 is 1.11 bits per heavy atom. The standard InChI is InChI=1S/C27H19ClN2O4S/c1-14-11-17-12-16(7-10-20(17)34-14)24(31)22-23(15-5-3-2-4-6-15)30(26(33)25(22)32)27-29-19-9-8-18(28)13-21(19)35-27/h2-10,12-14,23,31H,11H2,1H3/t14-,23-/m1/s1. The molecule has 6 nitrogen and oxygen atoms in total. The molecule has 0 radical (unpaired) electrons. The number of aliphatic hydroxyl groups excluding tert-OH is 1. The number of Topliss-reactive ketones (excluding diaryl/α,β-unsaturated/α-hetero) is 1. The fourth-order valence-corrected chi connectivity index (χ4v) is 5.96. The molecule has 1 saturated heterocycles. The van der Waals surface area contributed by atoms with E-state index in [1.165, 1.54) is 16.2 Å². The van der Waals surface area contributed by atoms with Crippen LogP contribution in [-0.2, 0) is 16.0 Å². The van der Waals surface area contributed by atoms with Crippen LogP contribution in [0.1, 0.15) is 29.7 Å². The highest BCUT2D eigenvalue weighted by Gasteiger charge is 2.48. The number of thiazole rings is 1. The van der Waals surface area contributed by atoms with Gasteiger partial charge in [0.1, 0.15) is 17.6 Å². The number of benzene rings is 3. The quantitative estimate of drug-likeness (QED) is 0.214. The summed E-state index contributed by atoms with van der Waals surface area (Å²) < 4.78 is 6.56. The molecule has 6 rings (SSSR count). The first-order valence-corrected chi connectivity index (χ1v) is 12.3. The highest BCUT2D eigenvalue weighted by molar-refractivity contribution is 7.22. The zero-order valence-electron chi connectivity index (χ0n) is 18.6. The molecule has 35 heavy (non-hydrogen) atoms. The number of nitrogens with zero attached hydrogens (tertiary/aromatic N) is 2. The molecule has 0 bridgehead atoms. The van der Waals surface area contributed by atoms with Gasteiger partial charge in [-0.3, -0.25) is 14.5 Å². The monoisotopic (exact) mass is 502 g/mol. The second-order valence-electron chi connectivity index (χ2n) is 8.64. The van der Waals surface area contributed by atoms with Crippen LogP contribution in [0.4, 0.5) is 5.13 Å². The molecular weight excluding hydrogens is 484 g/mol. The van der Waals surface area contributed by atoms with Gasteiger partial charge in [0, 0.05) is 17.0 Å². The predicted molar refractivity (Wildman–Crippen MR) is 136 cm³/mol. The molecule has 3 aromatic carbocycles. The van der Waals surface area contributed by atoms with Crippen molar-refractivity contribution in [3.63, 3.8) is 0 Å². The fourth-order valence-electron chi connectivity index (χ4n) is 4.69. The van der Waals surface area contributed by atoms with E-state index in [9.17, 15) is 14.7 Å². The Balaban J connectivity index is 1.53. The van der Waals surface area contributed by atoms with Crippen molar-refractivity contribution in [2.24, 2.45) is 0 Å². The molecule has 1 N–H and O–H groups in total. The molecule has 2 atom stereocenters. The SMILES string of the molecule is C[C@@H]1Cc2cc(C(O)=C3C(=O)C(=O)N(c4nc5ccc(Cl)cc5s4)[C@@H]3c3ccccc3)ccc2O1. The van der Waals surface area contributed by atoms with Gasteiger partial charge in [0.25, 0.3) is 5.78 Å². The lowest BCUT2D eigenvalue weighted by atomic mass is 9.94. The second-order valence-corrected chi connectivity index (χ2v) is 10.1. The van der Waals surface area contributed by atoms with Crippen LogP contribution >= 0.6 is 22.9 Å². The summed E-state index contributed by atoms with van der Waals surface area (Å²) in [6.07, 6.45) is 0.756. The van der Waals surface area contributed by atoms with Gasteiger partial charge in [-0.2, -0.15) is 0 Å². The van der Waals surface area contributed by atoms with Gasteiger partial charge in [0.05, 0.1) is 21.8 Å². The van der Waals surface area contributed by atoms with Gasteiger partial charge < -0.3 is 9.84 Å². The van der Waals surface area contributed by atoms with Crippen LogP contribution in [0.15, 0.2) is 72.3 Å². The van der Waals surface area contributed by atoms with E-state index in [1.807, 2.05) is 43.3 Å². The van der Waals surface area contributed by atoms with Gasteiger partial charge in [-0.15, -0.1) is 0 Å². The summed E-state index contributed by atoms with van der Waals surface area (Å²) in [6.45, 7) is 1.98. The predicted octanol–water partition coefficient (Wildman–Crippen LogP) is 5.90. The molecular formula is C27H19ClN2O4S. The van der Waals surface area contributed by atoms with Gasteiger partial charge in [-0.25, -0.2) is 4.98 Å². The minimum absolute atomic E-state index is 0.0328. The van der Waals surface area contributed by atoms with Crippen LogP contribution in [0.2, 0.25) is 5.02 Å². The van der Waals surface area contributed by atoms with E-state index in [1.54, 1.807) is 30.3 Å². The highest BCUT2D eigenvalue weighted by atomic mass is 35.5. The van der Waals surface area contributed by atoms with Crippen molar-refractivity contribution < 1.29 is 19.4 Å². The number of ketones is 1. The van der Waals surface area contributed by atoms with Crippen LogP contribution in [0.5, 0.6) is 5.75 Å². The van der Waals surface area contributed by atoms with Gasteiger partial charge in [0.2, 0.25) is 0 Å². The Hall–Kier alpha value is -3.68. The third-order valence-electron chi connectivity index (χ3n) is 6.27. The topological polar surface area (TPSA) is 79.7 Å². The van der Waals surface area contributed by atoms with Gasteiger partial charge >= 0.3 is 5.91 Å². The number of aromatic nitrogens is 1. The zero-order valence-corrected chi connectivity index (χ0v) is 20.1. The zero-order chi connectivity index (χ0) is 24.3. The number of hydrogen-bond acceptors (Lipinski definition) is 6. The first-order chi connectivity index (χ1) is 16.9. The molecule has 0 aliphatic carbocycles. The summed E-state index contributed by atoms with van der Waals surface area (Å²) in [4.78, 5) is 32.7. The summed E-state index contributed by atoms with van der Waals surface area (Å²) >= 11 is 7.42. The van der Waals surface area contributed by atoms with E-state index in [0.717, 1.165) is 16.0 Å². The minimum Gasteiger partial charge on any atom is -0.507 e. The number of carbonyl (C=O) groups is 2. The molecule has 3 heterocycles. The van der Waals surface area contributed by atoms with Crippen molar-refractivity contribution in [2.75, 3.05) is 4.90 Å². The molecule has 1 aromatic heterocycles. The molecule has 0 saturated carbocycles. The maximum atomic E-state index is 13.4. The molecule has 1 fully saturated rings. The maximum absolute atomic E-state index is 13.4. The molecule has 1 amide bonds. The Bertz CT molecular complexity index is 1550. The number of halogens is 1. The molecule has 174 valence electrons. The van der Waals surface area contributed by atoms with Crippen molar-refractivity contribution in [1.82, 2.24) is 4.98 Å². The van der Waals surface area contributed by atoms with Crippen molar-refractivity contribution in [3.8, 4) is 5.75 Å². The summed E-state index contributed by atoms with van der Waals surface area (Å²) in [5.41, 5.74) is 2.83. The van der Waals surface area contributed by atoms with Gasteiger partial charge in [0.15, 0.2) is 5.13 Å². The Kier molecular flexibility index (Phi) is 5.12. The van der Waals surface area contributed by atoms with E-state index in [0.29, 0.717) is 33.2 Å². The van der Waals surface area contributed by atoms with Crippen LogP contribution in [-0.4, -0.2) is 27.9 Å². The lowest BCUT2D eigenvalue weighted by molar-refractivity contribution is -0.132. The first kappa shape index (κ1) is 21.8. The summed E-state index contributed by atoms with van der Waals surface area (Å²) in [6, 6.07) is 19.0. The number of fused-ring (bicyclic) bond motifs is 2.